The molecule has 2 aromatic rings. The van der Waals surface area contributed by atoms with Crippen LogP contribution in [0, 0.1) is 0 Å². The van der Waals surface area contributed by atoms with Crippen LogP contribution in [0.15, 0.2) is 30.7 Å². The predicted molar refractivity (Wildman–Crippen MR) is 130 cm³/mol. The lowest BCUT2D eigenvalue weighted by Crippen LogP contribution is -2.55. The molecule has 1 spiro atoms. The molecule has 2 aliphatic heterocycles. The lowest BCUT2D eigenvalue weighted by atomic mass is 9.91. The van der Waals surface area contributed by atoms with Gasteiger partial charge in [-0.3, -0.25) is 24.5 Å². The van der Waals surface area contributed by atoms with Crippen molar-refractivity contribution in [2.75, 3.05) is 38.1 Å². The van der Waals surface area contributed by atoms with Crippen LogP contribution in [0.2, 0.25) is 0 Å². The van der Waals surface area contributed by atoms with Crippen molar-refractivity contribution in [3.05, 3.63) is 30.7 Å². The van der Waals surface area contributed by atoms with Gasteiger partial charge in [0.05, 0.1) is 17.7 Å². The number of hydrogen-bond acceptors (Lipinski definition) is 7. The average molecular weight is 481 g/mol. The molecule has 2 aromatic heterocycles. The second kappa shape index (κ2) is 9.07. The van der Waals surface area contributed by atoms with E-state index >= 15 is 0 Å². The first-order valence-electron chi connectivity index (χ1n) is 12.3. The van der Waals surface area contributed by atoms with Gasteiger partial charge in [-0.2, -0.15) is 0 Å². The van der Waals surface area contributed by atoms with Gasteiger partial charge >= 0.3 is 6.03 Å². The van der Waals surface area contributed by atoms with Gasteiger partial charge in [-0.1, -0.05) is 12.8 Å². The summed E-state index contributed by atoms with van der Waals surface area (Å²) in [6, 6.07) is 3.38. The lowest BCUT2D eigenvalue weighted by molar-refractivity contribution is -0.135. The van der Waals surface area contributed by atoms with Crippen LogP contribution in [0.4, 0.5) is 10.5 Å². The SMILES string of the molecule is CN(C[C@@]1(O)CCCN(c2ccnc3ccncc23)C1)C(=O)CCN1C(=O)NC2(CCCC2)C1=O. The highest BCUT2D eigenvalue weighted by Gasteiger charge is 2.52. The van der Waals surface area contributed by atoms with Gasteiger partial charge in [0.2, 0.25) is 5.91 Å². The Labute approximate surface area is 204 Å². The Kier molecular flexibility index (Phi) is 6.08. The third-order valence-corrected chi connectivity index (χ3v) is 7.63. The van der Waals surface area contributed by atoms with Crippen molar-refractivity contribution in [3.8, 4) is 0 Å². The molecule has 3 fully saturated rings. The first-order chi connectivity index (χ1) is 16.8. The summed E-state index contributed by atoms with van der Waals surface area (Å²) < 4.78 is 0. The molecule has 0 unspecified atom stereocenters. The van der Waals surface area contributed by atoms with Crippen molar-refractivity contribution in [2.45, 2.75) is 56.1 Å². The second-order valence-corrected chi connectivity index (χ2v) is 10.1. The van der Waals surface area contributed by atoms with E-state index in [1.54, 1.807) is 25.6 Å². The fourth-order valence-corrected chi connectivity index (χ4v) is 5.82. The molecule has 2 N–H and O–H groups in total. The zero-order valence-corrected chi connectivity index (χ0v) is 20.1. The minimum Gasteiger partial charge on any atom is -0.386 e. The van der Waals surface area contributed by atoms with E-state index in [9.17, 15) is 19.5 Å². The number of carbonyl (C=O) groups is 3. The number of β-amino-alcohol motifs (C(OH)–C–C–N with tert-alkyl or cyclic N) is 1. The zero-order valence-electron chi connectivity index (χ0n) is 20.1. The average Bonchev–Trinajstić information content (AvgIpc) is 3.41. The van der Waals surface area contributed by atoms with Crippen LogP contribution >= 0.6 is 0 Å². The monoisotopic (exact) mass is 480 g/mol. The summed E-state index contributed by atoms with van der Waals surface area (Å²) >= 11 is 0. The van der Waals surface area contributed by atoms with Crippen LogP contribution in [0.5, 0.6) is 0 Å². The molecular weight excluding hydrogens is 448 g/mol. The summed E-state index contributed by atoms with van der Waals surface area (Å²) in [6.07, 6.45) is 9.81. The number of carbonyl (C=O) groups excluding carboxylic acids is 3. The molecule has 1 atom stereocenters. The molecule has 4 amide bonds. The highest BCUT2D eigenvalue weighted by molar-refractivity contribution is 6.07. The molecule has 10 heteroatoms. The van der Waals surface area contributed by atoms with Gasteiger partial charge in [0.25, 0.3) is 5.91 Å². The number of amides is 4. The number of nitrogens with zero attached hydrogens (tertiary/aromatic N) is 5. The maximum absolute atomic E-state index is 12.9. The predicted octanol–water partition coefficient (Wildman–Crippen LogP) is 1.67. The van der Waals surface area contributed by atoms with Crippen molar-refractivity contribution in [2.24, 2.45) is 0 Å². The molecule has 0 radical (unpaired) electrons. The topological polar surface area (TPSA) is 119 Å². The third-order valence-electron chi connectivity index (χ3n) is 7.63. The molecule has 35 heavy (non-hydrogen) atoms. The first-order valence-corrected chi connectivity index (χ1v) is 12.3. The van der Waals surface area contributed by atoms with Gasteiger partial charge < -0.3 is 20.2 Å². The molecule has 1 aliphatic carbocycles. The largest absolute Gasteiger partial charge is 0.386 e. The highest BCUT2D eigenvalue weighted by atomic mass is 16.3. The molecule has 10 nitrogen and oxygen atoms in total. The van der Waals surface area contributed by atoms with Crippen molar-refractivity contribution >= 4 is 34.4 Å². The van der Waals surface area contributed by atoms with E-state index < -0.39 is 17.2 Å². The summed E-state index contributed by atoms with van der Waals surface area (Å²) in [4.78, 5) is 51.5. The summed E-state index contributed by atoms with van der Waals surface area (Å²) in [5.74, 6) is -0.418. The van der Waals surface area contributed by atoms with Gasteiger partial charge in [0, 0.05) is 62.8 Å². The lowest BCUT2D eigenvalue weighted by Gasteiger charge is -2.42. The van der Waals surface area contributed by atoms with Crippen LogP contribution in [-0.2, 0) is 9.59 Å². The second-order valence-electron chi connectivity index (χ2n) is 10.1. The van der Waals surface area contributed by atoms with Gasteiger partial charge in [-0.15, -0.1) is 0 Å². The molecule has 0 aromatic carbocycles. The summed E-state index contributed by atoms with van der Waals surface area (Å²) in [7, 11) is 1.66. The molecule has 2 saturated heterocycles. The van der Waals surface area contributed by atoms with E-state index in [-0.39, 0.29) is 31.3 Å². The normalized spacial score (nSPS) is 23.8. The summed E-state index contributed by atoms with van der Waals surface area (Å²) in [6.45, 7) is 1.40. The van der Waals surface area contributed by atoms with Gasteiger partial charge in [0.15, 0.2) is 0 Å². The fraction of sp³-hybridized carbons (Fsp3) is 0.560. The molecule has 186 valence electrons. The van der Waals surface area contributed by atoms with Crippen LogP contribution < -0.4 is 10.2 Å². The van der Waals surface area contributed by atoms with E-state index in [1.807, 2.05) is 12.1 Å². The number of likely N-dealkylation sites (N-methyl/N-ethyl adjacent to an activating group) is 1. The van der Waals surface area contributed by atoms with Crippen molar-refractivity contribution in [1.82, 2.24) is 25.1 Å². The summed E-state index contributed by atoms with van der Waals surface area (Å²) in [5.41, 5.74) is -0.0254. The fourth-order valence-electron chi connectivity index (χ4n) is 5.82. The van der Waals surface area contributed by atoms with E-state index in [0.29, 0.717) is 25.8 Å². The van der Waals surface area contributed by atoms with Crippen LogP contribution in [0.3, 0.4) is 0 Å². The van der Waals surface area contributed by atoms with Crippen LogP contribution in [0.25, 0.3) is 10.9 Å². The number of aromatic nitrogens is 2. The van der Waals surface area contributed by atoms with Crippen molar-refractivity contribution in [3.63, 3.8) is 0 Å². The number of nitrogens with one attached hydrogen (secondary N) is 1. The van der Waals surface area contributed by atoms with Crippen LogP contribution in [-0.4, -0.2) is 87.1 Å². The number of urea groups is 1. The van der Waals surface area contributed by atoms with E-state index in [2.05, 4.69) is 20.2 Å². The minimum atomic E-state index is -1.07. The molecule has 1 saturated carbocycles. The number of hydrogen-bond donors (Lipinski definition) is 2. The van der Waals surface area contributed by atoms with Gasteiger partial charge in [-0.05, 0) is 37.8 Å². The Bertz CT molecular complexity index is 1140. The Hall–Kier alpha value is -3.27. The molecule has 3 aliphatic rings. The Morgan fingerprint density at radius 2 is 1.97 bits per heavy atom. The zero-order chi connectivity index (χ0) is 24.6. The Morgan fingerprint density at radius 1 is 1.17 bits per heavy atom. The van der Waals surface area contributed by atoms with Gasteiger partial charge in [-0.25, -0.2) is 4.79 Å². The number of imide groups is 1. The van der Waals surface area contributed by atoms with Crippen molar-refractivity contribution in [1.29, 1.82) is 0 Å². The number of anilines is 1. The quantitative estimate of drug-likeness (QED) is 0.604. The highest BCUT2D eigenvalue weighted by Crippen LogP contribution is 2.35. The smallest absolute Gasteiger partial charge is 0.325 e. The van der Waals surface area contributed by atoms with E-state index in [4.69, 9.17) is 0 Å². The molecule has 0 bridgehead atoms. The summed E-state index contributed by atoms with van der Waals surface area (Å²) in [5, 5.41) is 15.2. The number of piperidine rings is 1. The minimum absolute atomic E-state index is 0.0339. The Morgan fingerprint density at radius 3 is 2.77 bits per heavy atom. The van der Waals surface area contributed by atoms with E-state index in [1.165, 1.54) is 9.80 Å². The van der Waals surface area contributed by atoms with Crippen molar-refractivity contribution < 1.29 is 19.5 Å². The number of pyridine rings is 2. The molecule has 4 heterocycles. The molecular formula is C25H32N6O4. The maximum Gasteiger partial charge on any atom is 0.325 e. The third kappa shape index (κ3) is 4.42. The number of fused-ring (bicyclic) bond motifs is 1. The van der Waals surface area contributed by atoms with Gasteiger partial charge in [0.1, 0.15) is 5.54 Å². The molecule has 5 rings (SSSR count). The van der Waals surface area contributed by atoms with Crippen LogP contribution in [0.1, 0.15) is 44.9 Å². The number of rotatable bonds is 6. The first kappa shape index (κ1) is 23.5. The number of aliphatic hydroxyl groups is 1. The Balaban J connectivity index is 1.20. The standard InChI is InChI=1S/C25H32N6O4/c1-29(21(32)7-14-31-22(33)25(28-23(31)34)9-2-3-10-25)16-24(35)8-4-13-30(17-24)20-6-12-27-19-5-11-26-15-18(19)20/h5-6,11-12,15,35H,2-4,7-10,13-14,16-17H2,1H3,(H,28,34)/t24-/m0/s1. The van der Waals surface area contributed by atoms with E-state index in [0.717, 1.165) is 42.4 Å². The maximum atomic E-state index is 12.9.